The van der Waals surface area contributed by atoms with Crippen molar-refractivity contribution in [3.05, 3.63) is 0 Å². The van der Waals surface area contributed by atoms with Crippen LogP contribution in [0.1, 0.15) is 118 Å². The van der Waals surface area contributed by atoms with E-state index in [-0.39, 0.29) is 68.4 Å². The third-order valence-corrected chi connectivity index (χ3v) is 11.3. The third-order valence-electron chi connectivity index (χ3n) is 6.23. The Kier molecular flexibility index (Phi) is 33.6. The second-order valence-corrected chi connectivity index (χ2v) is 14.0. The van der Waals surface area contributed by atoms with Gasteiger partial charge >= 0.3 is 69.3 Å². The normalized spacial score (nSPS) is 10.9. The van der Waals surface area contributed by atoms with Gasteiger partial charge in [-0.25, -0.2) is 4.79 Å². The van der Waals surface area contributed by atoms with Crippen LogP contribution in [0.2, 0.25) is 0 Å². The van der Waals surface area contributed by atoms with Gasteiger partial charge in [-0.1, -0.05) is 72.6 Å². The van der Waals surface area contributed by atoms with Crippen LogP contribution >= 0.6 is 7.26 Å². The molecule has 0 atom stereocenters. The molecule has 0 rings (SSSR count). The van der Waals surface area contributed by atoms with Gasteiger partial charge in [0.2, 0.25) is 0 Å². The number of halogens is 1. The van der Waals surface area contributed by atoms with E-state index in [0.29, 0.717) is 0 Å². The van der Waals surface area contributed by atoms with Crippen molar-refractivity contribution in [2.75, 3.05) is 24.6 Å². The van der Waals surface area contributed by atoms with Crippen molar-refractivity contribution in [1.29, 1.82) is 0 Å². The molecule has 0 aromatic carbocycles. The molecule has 0 fully saturated rings. The molecule has 0 amide bonds. The molecule has 0 aliphatic carbocycles. The van der Waals surface area contributed by atoms with Crippen LogP contribution in [-0.4, -0.2) is 68.6 Å². The van der Waals surface area contributed by atoms with Gasteiger partial charge in [-0.3, -0.25) is 9.59 Å². The van der Waals surface area contributed by atoms with Crippen molar-refractivity contribution in [2.24, 2.45) is 0 Å². The van der Waals surface area contributed by atoms with Crippen molar-refractivity contribution in [3.63, 3.8) is 0 Å². The summed E-state index contributed by atoms with van der Waals surface area (Å²) in [5, 5.41) is 33.8. The second-order valence-electron chi connectivity index (χ2n) is 9.54. The van der Waals surface area contributed by atoms with E-state index in [1.165, 1.54) is 77.0 Å². The summed E-state index contributed by atoms with van der Waals surface area (Å²) in [4.78, 5) is 30.5. The number of hydrogen-bond donors (Lipinski definition) is 4. The SMILES string of the molecule is CCCCCCCC[P+](CCCC)(CCCC)CCCC.O=C(O)CC(O)(CC(=O)O)C(=O)O.[Br-].[K+]. The van der Waals surface area contributed by atoms with Crippen LogP contribution in [0.3, 0.4) is 0 Å². The minimum absolute atomic E-state index is 0. The van der Waals surface area contributed by atoms with Crippen LogP contribution in [0, 0.1) is 0 Å². The van der Waals surface area contributed by atoms with E-state index < -0.39 is 43.6 Å². The number of hydrogen-bond acceptors (Lipinski definition) is 4. The van der Waals surface area contributed by atoms with Gasteiger partial charge < -0.3 is 37.4 Å². The molecule has 0 unspecified atom stereocenters. The predicted molar refractivity (Wildman–Crippen MR) is 142 cm³/mol. The van der Waals surface area contributed by atoms with Gasteiger partial charge in [0.15, 0.2) is 5.60 Å². The van der Waals surface area contributed by atoms with Crippen molar-refractivity contribution >= 4 is 25.2 Å². The minimum Gasteiger partial charge on any atom is -1.00 e. The first-order valence-corrected chi connectivity index (χ1v) is 15.8. The molecule has 7 nitrogen and oxygen atoms in total. The Morgan fingerprint density at radius 2 is 0.889 bits per heavy atom. The Labute approximate surface area is 273 Å². The van der Waals surface area contributed by atoms with Crippen molar-refractivity contribution in [3.8, 4) is 0 Å². The van der Waals surface area contributed by atoms with Crippen LogP contribution in [0.4, 0.5) is 0 Å². The van der Waals surface area contributed by atoms with E-state index in [1.807, 2.05) is 0 Å². The Morgan fingerprint density at radius 1 is 0.583 bits per heavy atom. The third kappa shape index (κ3) is 24.0. The molecule has 0 spiro atoms. The minimum atomic E-state index is -2.74. The number of carboxylic acid groups (broad SMARTS) is 3. The van der Waals surface area contributed by atoms with Gasteiger partial charge in [0, 0.05) is 7.26 Å². The van der Waals surface area contributed by atoms with Crippen LogP contribution in [0.25, 0.3) is 0 Å². The summed E-state index contributed by atoms with van der Waals surface area (Å²) in [5.41, 5.74) is -2.74. The van der Waals surface area contributed by atoms with E-state index in [4.69, 9.17) is 20.4 Å². The number of rotatable bonds is 21. The van der Waals surface area contributed by atoms with Gasteiger partial charge in [0.25, 0.3) is 0 Å². The van der Waals surface area contributed by atoms with Crippen LogP contribution in [-0.2, 0) is 14.4 Å². The van der Waals surface area contributed by atoms with Crippen molar-refractivity contribution < 1.29 is 103 Å². The number of carboxylic acids is 3. The standard InChI is InChI=1S/C20H44P.C6H8O7.BrH.K/c1-5-9-13-14-15-16-20-21(17-10-6-2,18-11-7-3)19-12-8-4;7-3(8)1-6(13,5(11)12)2-4(9)10;;/h5-20H2,1-4H3;13H,1-2H2,(H,7,8)(H,9,10)(H,11,12);1H;/q+1;;;+1/p-1. The molecule has 210 valence electrons. The van der Waals surface area contributed by atoms with Gasteiger partial charge in [0.1, 0.15) is 0 Å². The van der Waals surface area contributed by atoms with Gasteiger partial charge in [0.05, 0.1) is 37.5 Å². The Bertz CT molecular complexity index is 527. The molecular formula is C26H52BrKO7P+. The van der Waals surface area contributed by atoms with Crippen LogP contribution in [0.15, 0.2) is 0 Å². The summed E-state index contributed by atoms with van der Waals surface area (Å²) in [5.74, 6) is -5.02. The zero-order valence-electron chi connectivity index (χ0n) is 23.6. The fourth-order valence-electron chi connectivity index (χ4n) is 4.09. The molecule has 0 aromatic rings. The van der Waals surface area contributed by atoms with Crippen LogP contribution < -0.4 is 68.4 Å². The van der Waals surface area contributed by atoms with E-state index in [2.05, 4.69) is 27.7 Å². The van der Waals surface area contributed by atoms with Crippen molar-refractivity contribution in [2.45, 2.75) is 123 Å². The molecule has 0 aliphatic rings. The fourth-order valence-corrected chi connectivity index (χ4v) is 9.29. The maximum absolute atomic E-state index is 10.3. The van der Waals surface area contributed by atoms with E-state index in [9.17, 15) is 14.4 Å². The van der Waals surface area contributed by atoms with Crippen LogP contribution in [0.5, 0.6) is 0 Å². The summed E-state index contributed by atoms with van der Waals surface area (Å²) in [7, 11) is -0.601. The summed E-state index contributed by atoms with van der Waals surface area (Å²) >= 11 is 0. The largest absolute Gasteiger partial charge is 1.00 e. The first-order chi connectivity index (χ1) is 16.0. The molecule has 0 saturated heterocycles. The molecule has 0 aromatic heterocycles. The van der Waals surface area contributed by atoms with E-state index in [1.54, 1.807) is 24.6 Å². The topological polar surface area (TPSA) is 132 Å². The molecule has 0 bridgehead atoms. The zero-order valence-corrected chi connectivity index (χ0v) is 29.2. The smallest absolute Gasteiger partial charge is 1.00 e. The molecule has 0 heterocycles. The average molecular weight is 627 g/mol. The molecular weight excluding hydrogens is 574 g/mol. The fraction of sp³-hybridized carbons (Fsp3) is 0.885. The van der Waals surface area contributed by atoms with E-state index >= 15 is 0 Å². The molecule has 0 saturated carbocycles. The maximum Gasteiger partial charge on any atom is 1.00 e. The Morgan fingerprint density at radius 3 is 1.19 bits per heavy atom. The van der Waals surface area contributed by atoms with Gasteiger partial charge in [-0.2, -0.15) is 0 Å². The molecule has 0 radical (unpaired) electrons. The first-order valence-electron chi connectivity index (χ1n) is 13.3. The molecule has 36 heavy (non-hydrogen) atoms. The van der Waals surface area contributed by atoms with Gasteiger partial charge in [-0.15, -0.1) is 0 Å². The quantitative estimate of drug-likeness (QED) is 0.0831. The maximum atomic E-state index is 10.3. The zero-order chi connectivity index (χ0) is 26.5. The monoisotopic (exact) mass is 625 g/mol. The summed E-state index contributed by atoms with van der Waals surface area (Å²) in [6.45, 7) is 9.44. The molecule has 4 N–H and O–H groups in total. The average Bonchev–Trinajstić information content (AvgIpc) is 2.76. The first kappa shape index (κ1) is 44.0. The Hall–Kier alpha value is 0.916. The number of unbranched alkanes of at least 4 members (excludes halogenated alkanes) is 8. The van der Waals surface area contributed by atoms with Crippen molar-refractivity contribution in [1.82, 2.24) is 0 Å². The molecule has 0 aliphatic heterocycles. The summed E-state index contributed by atoms with van der Waals surface area (Å²) in [6.07, 6.45) is 21.7. The summed E-state index contributed by atoms with van der Waals surface area (Å²) in [6, 6.07) is 0. The number of carbonyl (C=O) groups is 3. The summed E-state index contributed by atoms with van der Waals surface area (Å²) < 4.78 is 0. The number of aliphatic carboxylic acids is 3. The number of aliphatic hydroxyl groups is 1. The van der Waals surface area contributed by atoms with E-state index in [0.717, 1.165) is 0 Å². The second kappa shape index (κ2) is 27.5. The predicted octanol–water partition coefficient (Wildman–Crippen LogP) is 0.524. The Balaban J connectivity index is -0.000000297. The molecule has 10 heteroatoms. The van der Waals surface area contributed by atoms with Gasteiger partial charge in [-0.05, 0) is 32.1 Å².